The summed E-state index contributed by atoms with van der Waals surface area (Å²) in [5.74, 6) is -0.548. The highest BCUT2D eigenvalue weighted by molar-refractivity contribution is 5.77. The van der Waals surface area contributed by atoms with Crippen LogP contribution in [0, 0.1) is 0 Å². The molecule has 0 heterocycles. The molecule has 0 radical (unpaired) electrons. The van der Waals surface area contributed by atoms with Crippen molar-refractivity contribution in [2.24, 2.45) is 0 Å². The first kappa shape index (κ1) is 57.8. The van der Waals surface area contributed by atoms with Crippen LogP contribution in [0.5, 0.6) is 0 Å². The zero-order chi connectivity index (χ0) is 43.8. The van der Waals surface area contributed by atoms with E-state index in [1.807, 2.05) is 0 Å². The van der Waals surface area contributed by atoms with E-state index in [2.05, 4.69) is 74.7 Å². The third-order valence-corrected chi connectivity index (χ3v) is 11.7. The Morgan fingerprint density at radius 1 is 0.483 bits per heavy atom. The number of ether oxygens (including phenoxy) is 1. The molecule has 0 aromatic rings. The van der Waals surface area contributed by atoms with E-state index in [0.717, 1.165) is 70.6 Å². The molecule has 0 fully saturated rings. The number of unbranched alkanes of at least 4 members (excludes halogenated alkanes) is 28. The highest BCUT2D eigenvalue weighted by Gasteiger charge is 2.24. The Morgan fingerprint density at radius 2 is 0.850 bits per heavy atom. The van der Waals surface area contributed by atoms with Crippen LogP contribution in [-0.4, -0.2) is 46.9 Å². The van der Waals surface area contributed by atoms with Gasteiger partial charge in [-0.2, -0.15) is 0 Å². The van der Waals surface area contributed by atoms with Gasteiger partial charge in [0.2, 0.25) is 5.91 Å². The summed E-state index contributed by atoms with van der Waals surface area (Å²) in [5, 5.41) is 23.7. The summed E-state index contributed by atoms with van der Waals surface area (Å²) in [6.45, 7) is 6.45. The van der Waals surface area contributed by atoms with Gasteiger partial charge in [-0.25, -0.2) is 0 Å². The van der Waals surface area contributed by atoms with Crippen molar-refractivity contribution in [2.45, 2.75) is 277 Å². The molecule has 3 atom stereocenters. The lowest BCUT2D eigenvalue weighted by Crippen LogP contribution is -2.46. The average Bonchev–Trinajstić information content (AvgIpc) is 3.24. The van der Waals surface area contributed by atoms with E-state index >= 15 is 0 Å². The summed E-state index contributed by atoms with van der Waals surface area (Å²) in [5.41, 5.74) is 0. The van der Waals surface area contributed by atoms with Crippen molar-refractivity contribution in [3.05, 3.63) is 48.6 Å². The first-order valence-corrected chi connectivity index (χ1v) is 25.9. The Kier molecular flexibility index (Phi) is 46.1. The van der Waals surface area contributed by atoms with Gasteiger partial charge in [-0.15, -0.1) is 0 Å². The number of hydrogen-bond donors (Lipinski definition) is 3. The number of aliphatic hydroxyl groups is 2. The van der Waals surface area contributed by atoms with E-state index in [9.17, 15) is 19.8 Å². The molecule has 0 aromatic heterocycles. The molecular formula is C54H99NO5. The summed E-state index contributed by atoms with van der Waals surface area (Å²) >= 11 is 0. The van der Waals surface area contributed by atoms with E-state index in [-0.39, 0.29) is 24.9 Å². The van der Waals surface area contributed by atoms with Crippen LogP contribution in [0.25, 0.3) is 0 Å². The number of carbonyl (C=O) groups excluding carboxylic acids is 2. The smallest absolute Gasteiger partial charge is 0.306 e. The maximum atomic E-state index is 13.2. The van der Waals surface area contributed by atoms with Crippen LogP contribution in [0.2, 0.25) is 0 Å². The van der Waals surface area contributed by atoms with E-state index in [0.29, 0.717) is 19.3 Å². The minimum atomic E-state index is -0.803. The van der Waals surface area contributed by atoms with Gasteiger partial charge in [0.1, 0.15) is 6.10 Å². The topological polar surface area (TPSA) is 95.9 Å². The SMILES string of the molecule is CCCCCCCCC/C=C/C=C/CCCCCC(=O)OC(CCC/C=C/C=C/CCCCCCCCC)CC(=O)NC(CO)C(O)CCCCCCCCCCCCC. The summed E-state index contributed by atoms with van der Waals surface area (Å²) in [4.78, 5) is 26.1. The first-order chi connectivity index (χ1) is 29.5. The predicted molar refractivity (Wildman–Crippen MR) is 259 cm³/mol. The molecule has 0 spiro atoms. The fraction of sp³-hybridized carbons (Fsp3) is 0.815. The second kappa shape index (κ2) is 47.9. The number of hydrogen-bond acceptors (Lipinski definition) is 5. The first-order valence-electron chi connectivity index (χ1n) is 25.9. The number of aliphatic hydroxyl groups excluding tert-OH is 2. The molecule has 1 amide bonds. The summed E-state index contributed by atoms with van der Waals surface area (Å²) in [7, 11) is 0. The number of esters is 1. The lowest BCUT2D eigenvalue weighted by Gasteiger charge is -2.24. The van der Waals surface area contributed by atoms with Gasteiger partial charge in [-0.05, 0) is 70.6 Å². The Balaban J connectivity index is 4.69. The molecule has 6 nitrogen and oxygen atoms in total. The van der Waals surface area contributed by atoms with Crippen LogP contribution in [0.15, 0.2) is 48.6 Å². The van der Waals surface area contributed by atoms with E-state index in [1.54, 1.807) is 0 Å². The Labute approximate surface area is 372 Å². The molecule has 0 aliphatic heterocycles. The molecule has 0 aromatic carbocycles. The lowest BCUT2D eigenvalue weighted by molar-refractivity contribution is -0.151. The molecule has 350 valence electrons. The molecule has 0 saturated carbocycles. The number of carbonyl (C=O) groups is 2. The Bertz CT molecular complexity index is 1040. The molecule has 3 unspecified atom stereocenters. The fourth-order valence-electron chi connectivity index (χ4n) is 7.71. The van der Waals surface area contributed by atoms with Crippen LogP contribution >= 0.6 is 0 Å². The highest BCUT2D eigenvalue weighted by Crippen LogP contribution is 2.17. The normalized spacial score (nSPS) is 13.6. The van der Waals surface area contributed by atoms with Gasteiger partial charge in [0.25, 0.3) is 0 Å². The van der Waals surface area contributed by atoms with Crippen molar-refractivity contribution in [3.63, 3.8) is 0 Å². The zero-order valence-electron chi connectivity index (χ0n) is 39.8. The summed E-state index contributed by atoms with van der Waals surface area (Å²) in [6, 6.07) is -0.720. The molecule has 6 heteroatoms. The van der Waals surface area contributed by atoms with Crippen LogP contribution in [-0.2, 0) is 14.3 Å². The molecule has 0 rings (SSSR count). The zero-order valence-corrected chi connectivity index (χ0v) is 39.8. The van der Waals surface area contributed by atoms with Crippen LogP contribution in [0.4, 0.5) is 0 Å². The van der Waals surface area contributed by atoms with Crippen LogP contribution < -0.4 is 5.32 Å². The maximum Gasteiger partial charge on any atom is 0.306 e. The second-order valence-corrected chi connectivity index (χ2v) is 17.6. The summed E-state index contributed by atoms with van der Waals surface area (Å²) in [6.07, 6.45) is 57.5. The van der Waals surface area contributed by atoms with Crippen LogP contribution in [0.3, 0.4) is 0 Å². The molecule has 0 aliphatic carbocycles. The second-order valence-electron chi connectivity index (χ2n) is 17.6. The predicted octanol–water partition coefficient (Wildman–Crippen LogP) is 15.5. The quantitative estimate of drug-likeness (QED) is 0.0322. The minimum Gasteiger partial charge on any atom is -0.462 e. The maximum absolute atomic E-state index is 13.2. The van der Waals surface area contributed by atoms with Crippen molar-refractivity contribution in [1.29, 1.82) is 0 Å². The largest absolute Gasteiger partial charge is 0.462 e. The van der Waals surface area contributed by atoms with Crippen molar-refractivity contribution >= 4 is 11.9 Å². The molecular weight excluding hydrogens is 743 g/mol. The molecule has 0 bridgehead atoms. The van der Waals surface area contributed by atoms with Gasteiger partial charge in [-0.1, -0.05) is 223 Å². The standard InChI is InChI=1S/C54H99NO5/c1-4-7-10-13-16-19-22-24-26-27-29-32-35-38-41-44-47-54(59)60-50(45-42-39-36-33-31-28-25-23-20-17-14-11-8-5-2)48-53(58)55-51(49-56)52(57)46-43-40-37-34-30-21-18-15-12-9-6-3/h26-29,31-33,36,50-52,56-57H,4-25,30,34-35,37-49H2,1-3H3,(H,55,58)/b27-26+,31-28+,32-29+,36-33+. The molecule has 0 aliphatic rings. The number of nitrogens with one attached hydrogen (secondary N) is 1. The van der Waals surface area contributed by atoms with Gasteiger partial charge in [0.05, 0.1) is 25.2 Å². The fourth-order valence-corrected chi connectivity index (χ4v) is 7.71. The van der Waals surface area contributed by atoms with Crippen molar-refractivity contribution in [2.75, 3.05) is 6.61 Å². The van der Waals surface area contributed by atoms with Gasteiger partial charge in [-0.3, -0.25) is 9.59 Å². The van der Waals surface area contributed by atoms with Gasteiger partial charge in [0.15, 0.2) is 0 Å². The third kappa shape index (κ3) is 42.5. The number of amides is 1. The van der Waals surface area contributed by atoms with E-state index in [4.69, 9.17) is 4.74 Å². The van der Waals surface area contributed by atoms with Crippen LogP contribution in [0.1, 0.15) is 258 Å². The minimum absolute atomic E-state index is 0.0345. The number of rotatable bonds is 46. The van der Waals surface area contributed by atoms with Gasteiger partial charge >= 0.3 is 5.97 Å². The van der Waals surface area contributed by atoms with Crippen molar-refractivity contribution < 1.29 is 24.5 Å². The van der Waals surface area contributed by atoms with E-state index in [1.165, 1.54) is 141 Å². The van der Waals surface area contributed by atoms with Gasteiger partial charge < -0.3 is 20.3 Å². The number of allylic oxidation sites excluding steroid dienone is 8. The molecule has 0 saturated heterocycles. The van der Waals surface area contributed by atoms with E-state index < -0.39 is 18.2 Å². The molecule has 60 heavy (non-hydrogen) atoms. The Hall–Kier alpha value is -2.18. The monoisotopic (exact) mass is 842 g/mol. The summed E-state index contributed by atoms with van der Waals surface area (Å²) < 4.78 is 5.89. The average molecular weight is 842 g/mol. The van der Waals surface area contributed by atoms with Crippen molar-refractivity contribution in [3.8, 4) is 0 Å². The third-order valence-electron chi connectivity index (χ3n) is 11.7. The molecule has 3 N–H and O–H groups in total. The van der Waals surface area contributed by atoms with Gasteiger partial charge in [0, 0.05) is 6.42 Å². The highest BCUT2D eigenvalue weighted by atomic mass is 16.5. The Morgan fingerprint density at radius 3 is 1.27 bits per heavy atom. The lowest BCUT2D eigenvalue weighted by atomic mass is 10.0. The van der Waals surface area contributed by atoms with Crippen molar-refractivity contribution in [1.82, 2.24) is 5.32 Å².